The molecule has 11 aromatic carbocycles. The monoisotopic (exact) mass is 1070 g/mol. The fraction of sp³-hybridized carbons (Fsp3) is 0.0897. The lowest BCUT2D eigenvalue weighted by Crippen LogP contribution is -2.26. The molecule has 0 bridgehead atoms. The largest absolute Gasteiger partial charge is 0.457 e. The number of nitrogens with zero attached hydrogens (tertiary/aromatic N) is 4. The van der Waals surface area contributed by atoms with Crippen molar-refractivity contribution < 1.29 is 8.85 Å². The van der Waals surface area contributed by atoms with Gasteiger partial charge in [0.05, 0.1) is 33.5 Å². The van der Waals surface area contributed by atoms with Gasteiger partial charge in [-0.2, -0.15) is 0 Å². The molecule has 5 nitrogen and oxygen atoms in total. The van der Waals surface area contributed by atoms with Crippen molar-refractivity contribution in [3.05, 3.63) is 300 Å². The van der Waals surface area contributed by atoms with Gasteiger partial charge in [0.15, 0.2) is 0 Å². The van der Waals surface area contributed by atoms with Gasteiger partial charge in [0.1, 0.15) is 24.0 Å². The molecular weight excluding hydrogens is 1010 g/mol. The molecule has 2 aromatic heterocycles. The van der Waals surface area contributed by atoms with Crippen LogP contribution in [0, 0.1) is 6.85 Å². The molecule has 0 amide bonds. The van der Waals surface area contributed by atoms with Crippen molar-refractivity contribution in [2.45, 2.75) is 38.5 Å². The van der Waals surface area contributed by atoms with Gasteiger partial charge in [-0.15, -0.1) is 0 Å². The third-order valence-electron chi connectivity index (χ3n) is 17.6. The standard InChI is InChI=1S/C78H58N4O/c1-50-43-44-79-72(45-50)82-67-36-15-11-30-63(67)73-70(82)48-71(74-62-29-10-14-35-66(62)78(75(73)74)64-33-12-8-27-60(64)61-28-9-13-34-65(61)78)83-57-26-19-25-56(47-57)80-49-81(69-38-17-16-37-68(69)80)76-58(53-41-39-52(40-42-53)51-21-6-5-7-22-51)31-20-32-59(76)54-23-18-24-55(46-54)77(2,3)4/h5-48H,49H2,1-4H3/i1D3. The molecule has 0 N–H and O–H groups in total. The molecule has 396 valence electrons. The minimum atomic E-state index is -2.34. The number of fused-ring (bicyclic) bond motifs is 15. The first-order chi connectivity index (χ1) is 41.9. The van der Waals surface area contributed by atoms with Crippen LogP contribution in [0.15, 0.2) is 267 Å². The van der Waals surface area contributed by atoms with Gasteiger partial charge < -0.3 is 14.5 Å². The van der Waals surface area contributed by atoms with Gasteiger partial charge >= 0.3 is 0 Å². The lowest BCUT2D eigenvalue weighted by atomic mass is 9.69. The molecule has 3 heterocycles. The van der Waals surface area contributed by atoms with Crippen LogP contribution in [0.25, 0.3) is 83.3 Å². The number of anilines is 4. The number of rotatable bonds is 8. The number of ether oxygens (including phenoxy) is 1. The summed E-state index contributed by atoms with van der Waals surface area (Å²) in [5, 5.41) is 2.10. The van der Waals surface area contributed by atoms with Crippen molar-refractivity contribution in [3.8, 4) is 73.0 Å². The van der Waals surface area contributed by atoms with Crippen molar-refractivity contribution >= 4 is 44.6 Å². The Morgan fingerprint density at radius 3 is 1.82 bits per heavy atom. The first-order valence-corrected chi connectivity index (χ1v) is 28.6. The summed E-state index contributed by atoms with van der Waals surface area (Å²) in [6.07, 6.45) is 1.61. The van der Waals surface area contributed by atoms with Crippen LogP contribution in [0.5, 0.6) is 11.5 Å². The molecule has 1 aliphatic heterocycles. The van der Waals surface area contributed by atoms with Crippen LogP contribution in [0.1, 0.15) is 58.3 Å². The highest BCUT2D eigenvalue weighted by atomic mass is 16.5. The van der Waals surface area contributed by atoms with Crippen molar-refractivity contribution in [1.29, 1.82) is 0 Å². The highest BCUT2D eigenvalue weighted by Crippen LogP contribution is 2.67. The van der Waals surface area contributed by atoms with E-state index in [0.717, 1.165) is 77.9 Å². The van der Waals surface area contributed by atoms with Crippen LogP contribution in [0.4, 0.5) is 22.7 Å². The number of hydrogen-bond acceptors (Lipinski definition) is 4. The minimum Gasteiger partial charge on any atom is -0.457 e. The molecule has 5 heteroatoms. The second kappa shape index (κ2) is 18.7. The fourth-order valence-electron chi connectivity index (χ4n) is 14.0. The summed E-state index contributed by atoms with van der Waals surface area (Å²) in [7, 11) is 0. The van der Waals surface area contributed by atoms with Gasteiger partial charge in [0.2, 0.25) is 0 Å². The summed E-state index contributed by atoms with van der Waals surface area (Å²) in [4.78, 5) is 9.83. The Labute approximate surface area is 488 Å². The molecule has 3 aliphatic rings. The van der Waals surface area contributed by atoms with E-state index < -0.39 is 12.3 Å². The molecule has 0 saturated carbocycles. The van der Waals surface area contributed by atoms with Crippen LogP contribution in [0.2, 0.25) is 0 Å². The highest BCUT2D eigenvalue weighted by molar-refractivity contribution is 6.17. The molecule has 2 aliphatic carbocycles. The molecule has 1 spiro atoms. The van der Waals surface area contributed by atoms with Crippen LogP contribution in [0.3, 0.4) is 0 Å². The topological polar surface area (TPSA) is 33.5 Å². The average Bonchev–Trinajstić information content (AvgIpc) is 1.54. The van der Waals surface area contributed by atoms with Gasteiger partial charge in [-0.25, -0.2) is 4.98 Å². The molecule has 0 atom stereocenters. The molecule has 83 heavy (non-hydrogen) atoms. The van der Waals surface area contributed by atoms with E-state index in [9.17, 15) is 0 Å². The minimum absolute atomic E-state index is 0.0435. The Bertz CT molecular complexity index is 4840. The summed E-state index contributed by atoms with van der Waals surface area (Å²) in [5.41, 5.74) is 23.0. The van der Waals surface area contributed by atoms with Gasteiger partial charge in [-0.05, 0) is 127 Å². The van der Waals surface area contributed by atoms with E-state index in [0.29, 0.717) is 24.0 Å². The number of hydrogen-bond donors (Lipinski definition) is 0. The normalized spacial score (nSPS) is 14.2. The predicted octanol–water partition coefficient (Wildman–Crippen LogP) is 20.2. The zero-order chi connectivity index (χ0) is 58.1. The third-order valence-corrected chi connectivity index (χ3v) is 17.6. The summed E-state index contributed by atoms with van der Waals surface area (Å²) in [6, 6.07) is 93.1. The summed E-state index contributed by atoms with van der Waals surface area (Å²) in [6.45, 7) is 5.03. The molecule has 16 rings (SSSR count). The Hall–Kier alpha value is -10.2. The van der Waals surface area contributed by atoms with Gasteiger partial charge in [-0.3, -0.25) is 4.57 Å². The zero-order valence-corrected chi connectivity index (χ0v) is 46.3. The Kier molecular flexibility index (Phi) is 10.2. The van der Waals surface area contributed by atoms with E-state index in [2.05, 4.69) is 278 Å². The Morgan fingerprint density at radius 2 is 1.07 bits per heavy atom. The fourth-order valence-corrected chi connectivity index (χ4v) is 14.0. The summed E-state index contributed by atoms with van der Waals surface area (Å²) >= 11 is 0. The molecule has 0 fully saturated rings. The smallest absolute Gasteiger partial charge is 0.137 e. The lowest BCUT2D eigenvalue weighted by molar-refractivity contribution is 0.484. The van der Waals surface area contributed by atoms with Gasteiger partial charge in [0.25, 0.3) is 0 Å². The van der Waals surface area contributed by atoms with E-state index >= 15 is 0 Å². The third kappa shape index (κ3) is 7.44. The lowest BCUT2D eigenvalue weighted by Gasteiger charge is -2.31. The van der Waals surface area contributed by atoms with Crippen LogP contribution >= 0.6 is 0 Å². The molecular formula is C78H58N4O. The summed E-state index contributed by atoms with van der Waals surface area (Å²) in [5.74, 6) is 1.88. The Balaban J connectivity index is 0.881. The maximum Gasteiger partial charge on any atom is 0.137 e. The van der Waals surface area contributed by atoms with E-state index in [1.807, 2.05) is 6.07 Å². The number of benzene rings is 11. The number of aryl methyl sites for hydroxylation is 1. The van der Waals surface area contributed by atoms with Crippen LogP contribution in [-0.4, -0.2) is 16.2 Å². The summed E-state index contributed by atoms with van der Waals surface area (Å²) < 4.78 is 35.2. The van der Waals surface area contributed by atoms with Gasteiger partial charge in [0, 0.05) is 55.6 Å². The maximum atomic E-state index is 8.49. The number of pyridine rings is 1. The van der Waals surface area contributed by atoms with E-state index in [1.54, 1.807) is 18.3 Å². The van der Waals surface area contributed by atoms with Crippen LogP contribution < -0.4 is 14.5 Å². The zero-order valence-electron chi connectivity index (χ0n) is 49.3. The first-order valence-electron chi connectivity index (χ1n) is 30.1. The van der Waals surface area contributed by atoms with E-state index in [-0.39, 0.29) is 11.0 Å². The van der Waals surface area contributed by atoms with E-state index in [1.165, 1.54) is 50.1 Å². The van der Waals surface area contributed by atoms with E-state index in [4.69, 9.17) is 13.8 Å². The highest BCUT2D eigenvalue weighted by Gasteiger charge is 2.54. The SMILES string of the molecule is [2H]C([2H])([2H])c1ccnc(-n2c3ccccc3c3c4c(c(Oc5cccc(N6CN(c7c(-c8ccc(-c9ccccc9)cc8)cccc7-c7cccc(C(C)(C)C)c7)c7ccccc76)c5)cc32)-c2ccccc2C42c3ccccc3-c3ccccc32)c1. The molecule has 0 radical (unpaired) electrons. The predicted molar refractivity (Wildman–Crippen MR) is 343 cm³/mol. The van der Waals surface area contributed by atoms with Gasteiger partial charge in [-0.1, -0.05) is 227 Å². The first kappa shape index (κ1) is 45.5. The molecule has 0 saturated heterocycles. The van der Waals surface area contributed by atoms with Crippen molar-refractivity contribution in [3.63, 3.8) is 0 Å². The van der Waals surface area contributed by atoms with Crippen molar-refractivity contribution in [2.75, 3.05) is 16.5 Å². The van der Waals surface area contributed by atoms with Crippen LogP contribution in [-0.2, 0) is 10.8 Å². The Morgan fingerprint density at radius 1 is 0.482 bits per heavy atom. The molecule has 13 aromatic rings. The average molecular weight is 1070 g/mol. The second-order valence-corrected chi connectivity index (χ2v) is 23.2. The van der Waals surface area contributed by atoms with Crippen molar-refractivity contribution in [2.24, 2.45) is 0 Å². The maximum absolute atomic E-state index is 8.49. The number of aromatic nitrogens is 2. The van der Waals surface area contributed by atoms with Crippen molar-refractivity contribution in [1.82, 2.24) is 9.55 Å². The quantitative estimate of drug-likeness (QED) is 0.152. The second-order valence-electron chi connectivity index (χ2n) is 23.2. The molecule has 0 unspecified atom stereocenters. The number of para-hydroxylation sites is 4.